The molecule has 52 valence electrons. The Hall–Kier alpha value is -0.140. The van der Waals surface area contributed by atoms with E-state index in [0.717, 1.165) is 0 Å². The predicted molar refractivity (Wildman–Crippen MR) is 20.5 cm³/mol. The number of hydrogen-bond acceptors (Lipinski definition) is 1. The lowest BCUT2D eigenvalue weighted by atomic mass is 11.6. The van der Waals surface area contributed by atoms with Crippen molar-refractivity contribution in [2.75, 3.05) is 0 Å². The Labute approximate surface area is 45.6 Å². The third-order valence-corrected chi connectivity index (χ3v) is 0. The van der Waals surface area contributed by atoms with Crippen LogP contribution in [0.2, 0.25) is 0 Å². The SMILES string of the molecule is FC(F)F.O=S(O)O. The number of alkyl halides is 3. The lowest BCUT2D eigenvalue weighted by molar-refractivity contribution is 0.00819. The van der Waals surface area contributed by atoms with Crippen LogP contribution in [0.3, 0.4) is 0 Å². The number of hydrogen-bond donors (Lipinski definition) is 2. The van der Waals surface area contributed by atoms with Crippen LogP contribution in [0.4, 0.5) is 13.2 Å². The summed E-state index contributed by atoms with van der Waals surface area (Å²) in [6.07, 6.45) is 0. The second-order valence-electron chi connectivity index (χ2n) is 0.478. The van der Waals surface area contributed by atoms with Crippen LogP contribution in [0.5, 0.6) is 0 Å². The molecule has 0 saturated carbocycles. The van der Waals surface area contributed by atoms with Gasteiger partial charge >= 0.3 is 6.68 Å². The fourth-order valence-corrected chi connectivity index (χ4v) is 0. The first-order valence-corrected chi connectivity index (χ1v) is 2.25. The summed E-state index contributed by atoms with van der Waals surface area (Å²) in [6, 6.07) is 0. The molecule has 0 aliphatic rings. The van der Waals surface area contributed by atoms with Crippen molar-refractivity contribution in [3.63, 3.8) is 0 Å². The minimum Gasteiger partial charge on any atom is -0.284 e. The van der Waals surface area contributed by atoms with Crippen LogP contribution in [0.15, 0.2) is 0 Å². The van der Waals surface area contributed by atoms with Gasteiger partial charge in [0.25, 0.3) is 11.4 Å². The molecule has 2 N–H and O–H groups in total. The maximum Gasteiger partial charge on any atom is 0.379 e. The highest BCUT2D eigenvalue weighted by molar-refractivity contribution is 7.73. The molecule has 0 fully saturated rings. The Kier molecular flexibility index (Phi) is 9.24. The van der Waals surface area contributed by atoms with Crippen molar-refractivity contribution >= 4 is 11.4 Å². The van der Waals surface area contributed by atoms with Crippen molar-refractivity contribution in [3.05, 3.63) is 0 Å². The zero-order valence-corrected chi connectivity index (χ0v) is 4.24. The Morgan fingerprint density at radius 1 is 1.25 bits per heavy atom. The van der Waals surface area contributed by atoms with Crippen LogP contribution in [-0.2, 0) is 11.4 Å². The molecular weight excluding hydrogens is 149 g/mol. The van der Waals surface area contributed by atoms with E-state index in [9.17, 15) is 13.2 Å². The van der Waals surface area contributed by atoms with Crippen LogP contribution < -0.4 is 0 Å². The fourth-order valence-electron chi connectivity index (χ4n) is 0. The number of rotatable bonds is 0. The molecule has 0 rings (SSSR count). The standard InChI is InChI=1S/CHF3.H2O3S/c2-1(3)4;1-4(2)3/h1H;(H2,1,2,3). The van der Waals surface area contributed by atoms with Gasteiger partial charge in [-0.3, -0.25) is 9.11 Å². The quantitative estimate of drug-likeness (QED) is 0.506. The predicted octanol–water partition coefficient (Wildman–Crippen LogP) is 0.860. The van der Waals surface area contributed by atoms with Gasteiger partial charge in [-0.25, -0.2) is 0 Å². The Morgan fingerprint density at radius 3 is 1.25 bits per heavy atom. The van der Waals surface area contributed by atoms with Crippen molar-refractivity contribution in [1.29, 1.82) is 0 Å². The van der Waals surface area contributed by atoms with Crippen molar-refractivity contribution in [1.82, 2.24) is 0 Å². The normalized spacial score (nSPS) is 8.88. The molecular formula is CH3F3O3S. The Balaban J connectivity index is 0. The van der Waals surface area contributed by atoms with Crippen LogP contribution in [0.25, 0.3) is 0 Å². The van der Waals surface area contributed by atoms with Gasteiger partial charge in [0.05, 0.1) is 0 Å². The molecule has 0 aliphatic carbocycles. The van der Waals surface area contributed by atoms with Gasteiger partial charge in [0.2, 0.25) is 0 Å². The second kappa shape index (κ2) is 6.86. The average Bonchev–Trinajstić information content (AvgIpc) is 1.25. The fraction of sp³-hybridized carbons (Fsp3) is 1.00. The highest BCUT2D eigenvalue weighted by atomic mass is 32.2. The largest absolute Gasteiger partial charge is 0.379 e. The van der Waals surface area contributed by atoms with Gasteiger partial charge in [0, 0.05) is 0 Å². The molecule has 0 bridgehead atoms. The molecule has 0 aromatic heterocycles. The molecule has 8 heavy (non-hydrogen) atoms. The van der Waals surface area contributed by atoms with Crippen LogP contribution in [-0.4, -0.2) is 20.0 Å². The molecule has 0 spiro atoms. The average molecular weight is 152 g/mol. The van der Waals surface area contributed by atoms with Gasteiger partial charge in [0.15, 0.2) is 0 Å². The van der Waals surface area contributed by atoms with E-state index in [1.165, 1.54) is 0 Å². The summed E-state index contributed by atoms with van der Waals surface area (Å²) in [5, 5.41) is 0. The van der Waals surface area contributed by atoms with Crippen molar-refractivity contribution in [2.45, 2.75) is 6.68 Å². The van der Waals surface area contributed by atoms with E-state index in [2.05, 4.69) is 0 Å². The summed E-state index contributed by atoms with van der Waals surface area (Å²) in [5.41, 5.74) is 0. The monoisotopic (exact) mass is 152 g/mol. The summed E-state index contributed by atoms with van der Waals surface area (Å²) in [5.74, 6) is 0. The van der Waals surface area contributed by atoms with Gasteiger partial charge in [-0.1, -0.05) is 0 Å². The summed E-state index contributed by atoms with van der Waals surface area (Å²) >= 11 is -2.61. The van der Waals surface area contributed by atoms with E-state index >= 15 is 0 Å². The zero-order valence-electron chi connectivity index (χ0n) is 3.42. The topological polar surface area (TPSA) is 57.5 Å². The first kappa shape index (κ1) is 10.8. The minimum absolute atomic E-state index is 2.61. The van der Waals surface area contributed by atoms with Gasteiger partial charge in [0.1, 0.15) is 0 Å². The Morgan fingerprint density at radius 2 is 1.25 bits per heavy atom. The van der Waals surface area contributed by atoms with Crippen LogP contribution in [0.1, 0.15) is 0 Å². The van der Waals surface area contributed by atoms with Gasteiger partial charge in [-0.2, -0.15) is 17.4 Å². The molecule has 7 heteroatoms. The molecule has 0 saturated heterocycles. The smallest absolute Gasteiger partial charge is 0.284 e. The second-order valence-corrected chi connectivity index (χ2v) is 0.940. The van der Waals surface area contributed by atoms with Crippen molar-refractivity contribution in [3.8, 4) is 0 Å². The molecule has 0 unspecified atom stereocenters. The van der Waals surface area contributed by atoms with Crippen molar-refractivity contribution < 1.29 is 26.5 Å². The highest BCUT2D eigenvalue weighted by Gasteiger charge is 1.86. The molecule has 0 heterocycles. The maximum atomic E-state index is 9.67. The van der Waals surface area contributed by atoms with E-state index in [4.69, 9.17) is 13.3 Å². The molecule has 3 nitrogen and oxygen atoms in total. The van der Waals surface area contributed by atoms with Crippen LogP contribution in [0, 0.1) is 0 Å². The lowest BCUT2D eigenvalue weighted by Crippen LogP contribution is -1.74. The summed E-state index contributed by atoms with van der Waals surface area (Å²) in [6.45, 7) is -3.67. The molecule has 0 aromatic carbocycles. The van der Waals surface area contributed by atoms with E-state index in [-0.39, 0.29) is 0 Å². The van der Waals surface area contributed by atoms with E-state index < -0.39 is 18.0 Å². The summed E-state index contributed by atoms with van der Waals surface area (Å²) in [4.78, 5) is 0. The lowest BCUT2D eigenvalue weighted by Gasteiger charge is -1.65. The molecule has 0 radical (unpaired) electrons. The van der Waals surface area contributed by atoms with Crippen molar-refractivity contribution in [2.24, 2.45) is 0 Å². The third kappa shape index (κ3) is 7060. The first-order valence-electron chi connectivity index (χ1n) is 1.19. The minimum atomic E-state index is -3.67. The van der Waals surface area contributed by atoms with Gasteiger partial charge in [-0.05, 0) is 0 Å². The van der Waals surface area contributed by atoms with E-state index in [1.54, 1.807) is 0 Å². The first-order chi connectivity index (χ1) is 3.46. The maximum absolute atomic E-state index is 9.67. The Bertz CT molecular complexity index is 58.8. The summed E-state index contributed by atoms with van der Waals surface area (Å²) < 4.78 is 51.8. The van der Waals surface area contributed by atoms with E-state index in [1.807, 2.05) is 0 Å². The summed E-state index contributed by atoms with van der Waals surface area (Å²) in [7, 11) is 0. The van der Waals surface area contributed by atoms with Crippen LogP contribution >= 0.6 is 0 Å². The number of halogens is 3. The third-order valence-electron chi connectivity index (χ3n) is 0. The zero-order chi connectivity index (χ0) is 7.15. The van der Waals surface area contributed by atoms with E-state index in [0.29, 0.717) is 0 Å². The highest BCUT2D eigenvalue weighted by Crippen LogP contribution is 1.87. The van der Waals surface area contributed by atoms with Gasteiger partial charge < -0.3 is 0 Å². The molecule has 0 aromatic rings. The molecule has 0 atom stereocenters. The molecule has 0 aliphatic heterocycles. The molecule has 0 amide bonds. The van der Waals surface area contributed by atoms with Gasteiger partial charge in [-0.15, -0.1) is 0 Å².